The molecule has 0 aliphatic carbocycles. The monoisotopic (exact) mass is 334 g/mol. The number of hydrogen-bond donors (Lipinski definition) is 1. The molecule has 1 aromatic heterocycles. The summed E-state index contributed by atoms with van der Waals surface area (Å²) in [6.45, 7) is 4.74. The van der Waals surface area contributed by atoms with E-state index in [2.05, 4.69) is 10.3 Å². The largest absolute Gasteiger partial charge is 0.492 e. The van der Waals surface area contributed by atoms with E-state index in [1.165, 1.54) is 19.3 Å². The minimum absolute atomic E-state index is 0. The van der Waals surface area contributed by atoms with Gasteiger partial charge < -0.3 is 14.8 Å². The van der Waals surface area contributed by atoms with E-state index in [0.29, 0.717) is 11.3 Å². The van der Waals surface area contributed by atoms with Crippen LogP contribution in [0.4, 0.5) is 0 Å². The molecule has 0 aromatic carbocycles. The smallest absolute Gasteiger partial charge is 0.137 e. The summed E-state index contributed by atoms with van der Waals surface area (Å²) in [6.07, 6.45) is 7.22. The van der Waals surface area contributed by atoms with Crippen molar-refractivity contribution < 1.29 is 9.47 Å². The van der Waals surface area contributed by atoms with Crippen molar-refractivity contribution in [3.8, 4) is 5.75 Å². The first-order valence-corrected chi connectivity index (χ1v) is 7.20. The van der Waals surface area contributed by atoms with E-state index in [0.717, 1.165) is 38.7 Å². The maximum atomic E-state index is 5.91. The molecule has 1 spiro atoms. The second kappa shape index (κ2) is 8.79. The van der Waals surface area contributed by atoms with Crippen molar-refractivity contribution in [1.29, 1.82) is 0 Å². The highest BCUT2D eigenvalue weighted by Gasteiger charge is 2.42. The van der Waals surface area contributed by atoms with Crippen LogP contribution in [0.5, 0.6) is 5.75 Å². The van der Waals surface area contributed by atoms with Crippen LogP contribution < -0.4 is 10.1 Å². The fourth-order valence-electron chi connectivity index (χ4n) is 3.32. The molecule has 120 valence electrons. The number of hydrogen-bond acceptors (Lipinski definition) is 4. The SMILES string of the molecule is Cl.Cl.c1cncc(OCC2COCCC23CCNCC3)c1. The van der Waals surface area contributed by atoms with Crippen molar-refractivity contribution >= 4 is 24.8 Å². The van der Waals surface area contributed by atoms with E-state index in [-0.39, 0.29) is 24.8 Å². The van der Waals surface area contributed by atoms with E-state index < -0.39 is 0 Å². The Morgan fingerprint density at radius 3 is 2.81 bits per heavy atom. The highest BCUT2D eigenvalue weighted by atomic mass is 35.5. The fourth-order valence-corrected chi connectivity index (χ4v) is 3.32. The lowest BCUT2D eigenvalue weighted by molar-refractivity contribution is -0.0721. The predicted molar refractivity (Wildman–Crippen MR) is 87.7 cm³/mol. The Morgan fingerprint density at radius 1 is 1.29 bits per heavy atom. The molecule has 1 aromatic rings. The second-order valence-electron chi connectivity index (χ2n) is 5.63. The van der Waals surface area contributed by atoms with Crippen LogP contribution in [0, 0.1) is 11.3 Å². The van der Waals surface area contributed by atoms with Crippen LogP contribution in [0.25, 0.3) is 0 Å². The van der Waals surface area contributed by atoms with Crippen LogP contribution in [0.2, 0.25) is 0 Å². The van der Waals surface area contributed by atoms with Crippen LogP contribution in [0.1, 0.15) is 19.3 Å². The third-order valence-electron chi connectivity index (χ3n) is 4.61. The number of nitrogens with one attached hydrogen (secondary N) is 1. The molecule has 0 bridgehead atoms. The van der Waals surface area contributed by atoms with Crippen molar-refractivity contribution in [2.75, 3.05) is 32.9 Å². The van der Waals surface area contributed by atoms with Crippen molar-refractivity contribution in [3.63, 3.8) is 0 Å². The lowest BCUT2D eigenvalue weighted by Crippen LogP contribution is -2.48. The molecule has 2 aliphatic rings. The van der Waals surface area contributed by atoms with Gasteiger partial charge in [0.15, 0.2) is 0 Å². The van der Waals surface area contributed by atoms with Crippen molar-refractivity contribution in [3.05, 3.63) is 24.5 Å². The lowest BCUT2D eigenvalue weighted by Gasteiger charge is -2.46. The summed E-state index contributed by atoms with van der Waals surface area (Å²) in [4.78, 5) is 4.09. The normalized spacial score (nSPS) is 23.7. The van der Waals surface area contributed by atoms with Gasteiger partial charge in [0, 0.05) is 18.7 Å². The van der Waals surface area contributed by atoms with Gasteiger partial charge in [-0.2, -0.15) is 0 Å². The van der Waals surface area contributed by atoms with E-state index in [1.54, 1.807) is 12.4 Å². The molecule has 4 nitrogen and oxygen atoms in total. The highest BCUT2D eigenvalue weighted by Crippen LogP contribution is 2.43. The topological polar surface area (TPSA) is 43.4 Å². The Kier molecular flexibility index (Phi) is 7.74. The van der Waals surface area contributed by atoms with Gasteiger partial charge in [0.2, 0.25) is 0 Å². The molecule has 3 rings (SSSR count). The van der Waals surface area contributed by atoms with E-state index in [9.17, 15) is 0 Å². The van der Waals surface area contributed by atoms with Crippen LogP contribution in [-0.4, -0.2) is 37.9 Å². The van der Waals surface area contributed by atoms with E-state index in [1.807, 2.05) is 12.1 Å². The molecule has 2 saturated heterocycles. The molecule has 0 radical (unpaired) electrons. The Hall–Kier alpha value is -0.550. The van der Waals surface area contributed by atoms with Crippen LogP contribution in [-0.2, 0) is 4.74 Å². The number of pyridine rings is 1. The summed E-state index contributed by atoms with van der Waals surface area (Å²) in [5.74, 6) is 1.36. The predicted octanol–water partition coefficient (Wildman–Crippen LogP) is 2.71. The average Bonchev–Trinajstić information content (AvgIpc) is 2.48. The minimum atomic E-state index is 0. The summed E-state index contributed by atoms with van der Waals surface area (Å²) in [5, 5.41) is 3.46. The molecular weight excluding hydrogens is 311 g/mol. The van der Waals surface area contributed by atoms with Gasteiger partial charge in [-0.25, -0.2) is 0 Å². The van der Waals surface area contributed by atoms with Gasteiger partial charge in [-0.1, -0.05) is 0 Å². The average molecular weight is 335 g/mol. The zero-order chi connectivity index (χ0) is 13.0. The summed E-state index contributed by atoms with van der Waals surface area (Å²) < 4.78 is 11.6. The summed E-state index contributed by atoms with van der Waals surface area (Å²) in [6, 6.07) is 3.87. The van der Waals surface area contributed by atoms with Crippen molar-refractivity contribution in [2.45, 2.75) is 19.3 Å². The number of halogens is 2. The molecule has 1 unspecified atom stereocenters. The lowest BCUT2D eigenvalue weighted by atomic mass is 9.66. The Balaban J connectivity index is 0.00000110. The Bertz CT molecular complexity index is 392. The maximum Gasteiger partial charge on any atom is 0.137 e. The summed E-state index contributed by atoms with van der Waals surface area (Å²) in [5.41, 5.74) is 0.422. The fraction of sp³-hybridized carbons (Fsp3) is 0.667. The van der Waals surface area contributed by atoms with Crippen LogP contribution in [0.15, 0.2) is 24.5 Å². The molecule has 1 N–H and O–H groups in total. The number of rotatable bonds is 3. The van der Waals surface area contributed by atoms with Gasteiger partial charge in [0.05, 0.1) is 19.4 Å². The molecular formula is C15H24Cl2N2O2. The first-order valence-electron chi connectivity index (χ1n) is 7.20. The number of aromatic nitrogens is 1. The molecule has 3 heterocycles. The Morgan fingerprint density at radius 2 is 2.10 bits per heavy atom. The summed E-state index contributed by atoms with van der Waals surface area (Å²) >= 11 is 0. The van der Waals surface area contributed by atoms with Crippen LogP contribution >= 0.6 is 24.8 Å². The van der Waals surface area contributed by atoms with Crippen LogP contribution in [0.3, 0.4) is 0 Å². The quantitative estimate of drug-likeness (QED) is 0.922. The minimum Gasteiger partial charge on any atom is -0.492 e. The van der Waals surface area contributed by atoms with Gasteiger partial charge >= 0.3 is 0 Å². The molecule has 6 heteroatoms. The number of ether oxygens (including phenoxy) is 2. The third kappa shape index (κ3) is 4.46. The van der Waals surface area contributed by atoms with Crippen molar-refractivity contribution in [1.82, 2.24) is 10.3 Å². The van der Waals surface area contributed by atoms with Gasteiger partial charge in [0.25, 0.3) is 0 Å². The number of piperidine rings is 1. The molecule has 1 atom stereocenters. The first kappa shape index (κ1) is 18.5. The van der Waals surface area contributed by atoms with E-state index in [4.69, 9.17) is 9.47 Å². The number of nitrogens with zero attached hydrogens (tertiary/aromatic N) is 1. The zero-order valence-electron chi connectivity index (χ0n) is 12.1. The first-order chi connectivity index (χ1) is 9.39. The standard InChI is InChI=1S/C15H22N2O2.2ClH/c1-2-14(10-17-6-1)19-12-13-11-18-9-5-15(13)3-7-16-8-4-15;;/h1-2,6,10,13,16H,3-5,7-9,11-12H2;2*1H. The zero-order valence-corrected chi connectivity index (χ0v) is 13.8. The van der Waals surface area contributed by atoms with Gasteiger partial charge in [0.1, 0.15) is 5.75 Å². The van der Waals surface area contributed by atoms with Crippen molar-refractivity contribution in [2.24, 2.45) is 11.3 Å². The maximum absolute atomic E-state index is 5.91. The van der Waals surface area contributed by atoms with Gasteiger partial charge in [-0.05, 0) is 49.9 Å². The molecule has 21 heavy (non-hydrogen) atoms. The molecule has 0 saturated carbocycles. The van der Waals surface area contributed by atoms with Gasteiger partial charge in [-0.15, -0.1) is 24.8 Å². The third-order valence-corrected chi connectivity index (χ3v) is 4.61. The molecule has 2 aliphatic heterocycles. The Labute approximate surface area is 138 Å². The van der Waals surface area contributed by atoms with E-state index >= 15 is 0 Å². The highest BCUT2D eigenvalue weighted by molar-refractivity contribution is 5.85. The molecule has 0 amide bonds. The second-order valence-corrected chi connectivity index (χ2v) is 5.63. The molecule has 2 fully saturated rings. The summed E-state index contributed by atoms with van der Waals surface area (Å²) in [7, 11) is 0. The van der Waals surface area contributed by atoms with Gasteiger partial charge in [-0.3, -0.25) is 4.98 Å².